The Morgan fingerprint density at radius 1 is 0.194 bits per heavy atom. The van der Waals surface area contributed by atoms with Gasteiger partial charge in [0.1, 0.15) is 0 Å². The van der Waals surface area contributed by atoms with Gasteiger partial charge in [-0.1, -0.05) is 273 Å². The lowest BCUT2D eigenvalue weighted by atomic mass is 9.99. The van der Waals surface area contributed by atoms with Crippen LogP contribution in [-0.4, -0.2) is 9.13 Å². The van der Waals surface area contributed by atoms with Crippen molar-refractivity contribution in [2.45, 2.75) is 0 Å². The van der Waals surface area contributed by atoms with Gasteiger partial charge in [-0.3, -0.25) is 0 Å². The normalized spacial score (nSPS) is 11.7. The number of anilines is 6. The predicted octanol–water partition coefficient (Wildman–Crippen LogP) is 28.6. The van der Waals surface area contributed by atoms with Crippen LogP contribution >= 0.6 is 34.0 Å². The Morgan fingerprint density at radius 3 is 0.883 bits per heavy atom. The fourth-order valence-corrected chi connectivity index (χ4v) is 19.5. The van der Waals surface area contributed by atoms with Gasteiger partial charge in [0, 0.05) is 96.0 Å². The molecule has 0 spiro atoms. The van der Waals surface area contributed by atoms with Gasteiger partial charge in [0.05, 0.1) is 70.3 Å². The molecule has 0 saturated carbocycles. The van der Waals surface area contributed by atoms with E-state index in [2.05, 4.69) is 395 Å². The standard InChI is InChI=1S/C48H30N2S2.C48H32N2S/c1-6-23-40(50-41-24-7-2-17-34(41)35-18-3-8-25-42(35)50)33(16-1)31-14-11-15-32(30-31)49(43-26-12-21-38-36-19-4-9-28-45(36)51-47(38)43)44-27-13-22-39-37-20-5-10-29-46(37)52-48(39)44;1-2-16-33(17-3-1)36-20-4-9-26-42(36)49(46-30-15-25-41-40-24-8-13-31-47(40)51-48(41)46)35-19-14-18-34(32-35)37-21-5-10-27-43(37)50-44-28-11-6-22-38(44)39-23-7-12-29-45(39)50/h1-30H;1-32H. The number of benzene rings is 16. The quantitative estimate of drug-likeness (QED) is 0.128. The number of fused-ring (bicyclic) bond motifs is 15. The van der Waals surface area contributed by atoms with Crippen molar-refractivity contribution in [3.63, 3.8) is 0 Å². The number of thiophene rings is 3. The van der Waals surface area contributed by atoms with Crippen molar-refractivity contribution in [1.82, 2.24) is 9.13 Å². The summed E-state index contributed by atoms with van der Waals surface area (Å²) in [5.74, 6) is 0. The molecule has 103 heavy (non-hydrogen) atoms. The Labute approximate surface area is 607 Å². The summed E-state index contributed by atoms with van der Waals surface area (Å²) in [5, 5.41) is 12.8. The molecule has 0 bridgehead atoms. The van der Waals surface area contributed by atoms with E-state index in [4.69, 9.17) is 0 Å². The molecule has 0 fully saturated rings. The molecular formula is C96H62N4S3. The number of hydrogen-bond donors (Lipinski definition) is 0. The molecule has 7 heteroatoms. The van der Waals surface area contributed by atoms with E-state index >= 15 is 0 Å². The van der Waals surface area contributed by atoms with Crippen molar-refractivity contribution in [2.24, 2.45) is 0 Å². The zero-order valence-electron chi connectivity index (χ0n) is 55.8. The van der Waals surface area contributed by atoms with Crippen LogP contribution in [0.1, 0.15) is 0 Å². The van der Waals surface area contributed by atoms with E-state index in [0.29, 0.717) is 0 Å². The average Bonchev–Trinajstić information content (AvgIpc) is 1.69. The molecule has 21 rings (SSSR count). The van der Waals surface area contributed by atoms with Crippen molar-refractivity contribution >= 4 is 172 Å². The molecule has 5 aromatic heterocycles. The van der Waals surface area contributed by atoms with Crippen molar-refractivity contribution in [3.05, 3.63) is 376 Å². The molecule has 0 amide bonds. The van der Waals surface area contributed by atoms with E-state index in [1.165, 1.54) is 155 Å². The van der Waals surface area contributed by atoms with Gasteiger partial charge < -0.3 is 18.9 Å². The third-order valence-electron chi connectivity index (χ3n) is 20.4. The number of hydrogen-bond acceptors (Lipinski definition) is 5. The lowest BCUT2D eigenvalue weighted by molar-refractivity contribution is 1.18. The Morgan fingerprint density at radius 2 is 0.476 bits per heavy atom. The second-order valence-corrected chi connectivity index (χ2v) is 29.3. The topological polar surface area (TPSA) is 16.3 Å². The minimum atomic E-state index is 1.11. The zero-order valence-corrected chi connectivity index (χ0v) is 58.3. The highest BCUT2D eigenvalue weighted by Crippen LogP contribution is 2.52. The van der Waals surface area contributed by atoms with Gasteiger partial charge in [-0.05, 0) is 120 Å². The van der Waals surface area contributed by atoms with Crippen LogP contribution < -0.4 is 9.80 Å². The fourth-order valence-electron chi connectivity index (χ4n) is 15.9. The van der Waals surface area contributed by atoms with Crippen molar-refractivity contribution in [1.29, 1.82) is 0 Å². The molecule has 0 aliphatic carbocycles. The Bertz CT molecular complexity index is 6640. The van der Waals surface area contributed by atoms with Crippen LogP contribution in [0.5, 0.6) is 0 Å². The first-order valence-electron chi connectivity index (χ1n) is 35.0. The maximum absolute atomic E-state index is 2.50. The summed E-state index contributed by atoms with van der Waals surface area (Å²) in [7, 11) is 0. The summed E-state index contributed by atoms with van der Waals surface area (Å²) in [4.78, 5) is 4.97. The summed E-state index contributed by atoms with van der Waals surface area (Å²) in [6.07, 6.45) is 0. The number of para-hydroxylation sites is 7. The number of aromatic nitrogens is 2. The van der Waals surface area contributed by atoms with Gasteiger partial charge in [-0.15, -0.1) is 34.0 Å². The minimum Gasteiger partial charge on any atom is -0.309 e. The van der Waals surface area contributed by atoms with Gasteiger partial charge in [-0.2, -0.15) is 0 Å². The van der Waals surface area contributed by atoms with Crippen LogP contribution in [0.2, 0.25) is 0 Å². The first-order valence-corrected chi connectivity index (χ1v) is 37.4. The van der Waals surface area contributed by atoms with E-state index in [1.807, 2.05) is 34.0 Å². The third kappa shape index (κ3) is 10.1. The molecule has 0 saturated heterocycles. The molecule has 16 aromatic carbocycles. The zero-order chi connectivity index (χ0) is 67.9. The molecule has 5 heterocycles. The second kappa shape index (κ2) is 25.2. The smallest absolute Gasteiger partial charge is 0.0640 e. The Balaban J connectivity index is 0.000000138. The van der Waals surface area contributed by atoms with Crippen LogP contribution in [0.3, 0.4) is 0 Å². The fraction of sp³-hybridized carbons (Fsp3) is 0. The molecule has 4 nitrogen and oxygen atoms in total. The molecule has 0 radical (unpaired) electrons. The first kappa shape index (κ1) is 60.3. The van der Waals surface area contributed by atoms with Gasteiger partial charge >= 0.3 is 0 Å². The van der Waals surface area contributed by atoms with Crippen molar-refractivity contribution in [3.8, 4) is 44.8 Å². The van der Waals surface area contributed by atoms with Crippen LogP contribution in [0.4, 0.5) is 34.1 Å². The van der Waals surface area contributed by atoms with Crippen LogP contribution in [-0.2, 0) is 0 Å². The average molecular weight is 1370 g/mol. The molecule has 0 atom stereocenters. The molecule has 0 aliphatic rings. The van der Waals surface area contributed by atoms with Crippen LogP contribution in [0.25, 0.3) is 149 Å². The van der Waals surface area contributed by atoms with E-state index < -0.39 is 0 Å². The molecule has 0 aliphatic heterocycles. The molecule has 0 unspecified atom stereocenters. The minimum absolute atomic E-state index is 1.11. The van der Waals surface area contributed by atoms with E-state index in [-0.39, 0.29) is 0 Å². The van der Waals surface area contributed by atoms with Gasteiger partial charge in [-0.25, -0.2) is 0 Å². The first-order chi connectivity index (χ1) is 51.1. The molecular weight excluding hydrogens is 1310 g/mol. The van der Waals surface area contributed by atoms with E-state index in [1.54, 1.807) is 0 Å². The highest BCUT2D eigenvalue weighted by atomic mass is 32.1. The van der Waals surface area contributed by atoms with Gasteiger partial charge in [0.15, 0.2) is 0 Å². The monoisotopic (exact) mass is 1370 g/mol. The van der Waals surface area contributed by atoms with Crippen LogP contribution in [0, 0.1) is 0 Å². The maximum atomic E-state index is 2.50. The number of nitrogens with zero attached hydrogens (tertiary/aromatic N) is 4. The highest BCUT2D eigenvalue weighted by molar-refractivity contribution is 7.27. The maximum Gasteiger partial charge on any atom is 0.0640 e. The van der Waals surface area contributed by atoms with E-state index in [0.717, 1.165) is 28.3 Å². The summed E-state index contributed by atoms with van der Waals surface area (Å²) in [5.41, 5.74) is 21.2. The molecule has 21 aromatic rings. The Hall–Kier alpha value is -12.6. The predicted molar refractivity (Wildman–Crippen MR) is 446 cm³/mol. The van der Waals surface area contributed by atoms with Crippen LogP contribution in [0.15, 0.2) is 376 Å². The highest BCUT2D eigenvalue weighted by Gasteiger charge is 2.26. The largest absolute Gasteiger partial charge is 0.309 e. The van der Waals surface area contributed by atoms with Gasteiger partial charge in [0.25, 0.3) is 0 Å². The van der Waals surface area contributed by atoms with Crippen molar-refractivity contribution in [2.75, 3.05) is 9.80 Å². The molecule has 484 valence electrons. The SMILES string of the molecule is c1cc(-c2ccccc2-n2c3ccccc3c3ccccc32)cc(N(c2cccc3c2sc2ccccc23)c2cccc3c2sc2ccccc23)c1.c1ccc(-c2ccccc2N(c2cccc(-c3ccccc3-n3c4ccccc4c4ccccc43)c2)c2cccc3c2sc2ccccc23)cc1. The summed E-state index contributed by atoms with van der Waals surface area (Å²) in [6.45, 7) is 0. The second-order valence-electron chi connectivity index (χ2n) is 26.2. The van der Waals surface area contributed by atoms with Crippen molar-refractivity contribution < 1.29 is 0 Å². The summed E-state index contributed by atoms with van der Waals surface area (Å²) in [6, 6.07) is 137. The third-order valence-corrected chi connectivity index (χ3v) is 24.0. The molecule has 0 N–H and O–H groups in total. The number of rotatable bonds is 11. The lowest BCUT2D eigenvalue weighted by Crippen LogP contribution is -2.11. The summed E-state index contributed by atoms with van der Waals surface area (Å²) < 4.78 is 12.6. The summed E-state index contributed by atoms with van der Waals surface area (Å²) >= 11 is 5.62. The van der Waals surface area contributed by atoms with E-state index in [9.17, 15) is 0 Å². The van der Waals surface area contributed by atoms with Gasteiger partial charge in [0.2, 0.25) is 0 Å². The lowest BCUT2D eigenvalue weighted by Gasteiger charge is -2.29. The Kier molecular flexibility index (Phi) is 14.8.